The molecule has 2 atom stereocenters. The van der Waals surface area contributed by atoms with E-state index in [2.05, 4.69) is 0 Å². The average molecular weight is 347 g/mol. The predicted octanol–water partition coefficient (Wildman–Crippen LogP) is 3.05. The number of amidine groups is 1. The van der Waals surface area contributed by atoms with Crippen LogP contribution in [0.3, 0.4) is 0 Å². The predicted molar refractivity (Wildman–Crippen MR) is 105 cm³/mol. The molecule has 26 heavy (non-hydrogen) atoms. The second-order valence-corrected chi connectivity index (χ2v) is 6.89. The normalized spacial score (nSPS) is 21.7. The molecular weight excluding hydrogens is 326 g/mol. The maximum absolute atomic E-state index is 13.9. The van der Waals surface area contributed by atoms with Gasteiger partial charge in [0.05, 0.1) is 6.61 Å². The molecule has 0 aromatic heterocycles. The summed E-state index contributed by atoms with van der Waals surface area (Å²) in [5, 5.41) is 33.6. The molecular formula is C21H21N3O2. The van der Waals surface area contributed by atoms with Gasteiger partial charge in [-0.15, -0.1) is 0 Å². The number of aliphatic hydroxyl groups is 1. The van der Waals surface area contributed by atoms with Gasteiger partial charge in [-0.3, -0.25) is 5.41 Å². The van der Waals surface area contributed by atoms with Gasteiger partial charge in [0.25, 0.3) is 0 Å². The smallest absolute Gasteiger partial charge is 0.137 e. The molecule has 1 aliphatic heterocycles. The van der Waals surface area contributed by atoms with Gasteiger partial charge in [0.15, 0.2) is 0 Å². The van der Waals surface area contributed by atoms with Crippen LogP contribution in [0.1, 0.15) is 16.7 Å². The maximum Gasteiger partial charge on any atom is 0.137 e. The summed E-state index contributed by atoms with van der Waals surface area (Å²) in [6, 6.07) is 18.9. The third-order valence-corrected chi connectivity index (χ3v) is 5.35. The first-order valence-corrected chi connectivity index (χ1v) is 8.67. The van der Waals surface area contributed by atoms with Gasteiger partial charge in [0, 0.05) is 29.2 Å². The number of nitrogens with two attached hydrogens (primary N) is 1. The third-order valence-electron chi connectivity index (χ3n) is 5.35. The standard InChI is InChI=1S/C21H21N3O2/c22-21(23)16-9-8-15-10-18(13-25)24(26,20(15)11-16)12-17-6-3-5-14-4-1-2-7-19(14)17/h1-9,11,18,25H,10,12-13H2,(H3,22,23). The van der Waals surface area contributed by atoms with Crippen molar-refractivity contribution in [1.29, 1.82) is 5.41 Å². The molecule has 3 aromatic carbocycles. The van der Waals surface area contributed by atoms with Crippen LogP contribution in [0.4, 0.5) is 5.69 Å². The van der Waals surface area contributed by atoms with Gasteiger partial charge < -0.3 is 20.7 Å². The van der Waals surface area contributed by atoms with E-state index >= 15 is 0 Å². The molecule has 132 valence electrons. The SMILES string of the molecule is N=C(N)c1ccc2c(c1)[N+]([O-])(Cc1cccc3ccccc13)C(CO)C2. The third kappa shape index (κ3) is 2.57. The summed E-state index contributed by atoms with van der Waals surface area (Å²) in [6.45, 7) is 0.0549. The van der Waals surface area contributed by atoms with Crippen molar-refractivity contribution in [3.63, 3.8) is 0 Å². The van der Waals surface area contributed by atoms with Crippen LogP contribution in [0.15, 0.2) is 60.7 Å². The summed E-state index contributed by atoms with van der Waals surface area (Å²) in [5.74, 6) is -0.0584. The lowest BCUT2D eigenvalue weighted by Crippen LogP contribution is -2.50. The minimum Gasteiger partial charge on any atom is -0.627 e. The number of rotatable bonds is 4. The van der Waals surface area contributed by atoms with E-state index in [1.165, 1.54) is 0 Å². The van der Waals surface area contributed by atoms with Crippen molar-refractivity contribution >= 4 is 22.3 Å². The molecule has 5 nitrogen and oxygen atoms in total. The number of nitrogen functional groups attached to an aromatic ring is 1. The number of fused-ring (bicyclic) bond motifs is 2. The summed E-state index contributed by atoms with van der Waals surface area (Å²) in [5.41, 5.74) is 8.63. The largest absolute Gasteiger partial charge is 0.627 e. The minimum atomic E-state index is -0.624. The van der Waals surface area contributed by atoms with E-state index in [1.54, 1.807) is 12.1 Å². The maximum atomic E-state index is 13.9. The van der Waals surface area contributed by atoms with E-state index in [9.17, 15) is 10.3 Å². The Kier molecular flexibility index (Phi) is 4.00. The molecule has 4 rings (SSSR count). The van der Waals surface area contributed by atoms with Crippen molar-refractivity contribution in [1.82, 2.24) is 4.65 Å². The van der Waals surface area contributed by atoms with E-state index in [-0.39, 0.29) is 19.0 Å². The fourth-order valence-corrected chi connectivity index (χ4v) is 3.95. The monoisotopic (exact) mass is 347 g/mol. The van der Waals surface area contributed by atoms with Gasteiger partial charge in [-0.2, -0.15) is 0 Å². The van der Waals surface area contributed by atoms with Crippen LogP contribution >= 0.6 is 0 Å². The van der Waals surface area contributed by atoms with Gasteiger partial charge in [-0.25, -0.2) is 0 Å². The Balaban J connectivity index is 1.84. The molecule has 0 aliphatic carbocycles. The lowest BCUT2D eigenvalue weighted by molar-refractivity contribution is 0.175. The van der Waals surface area contributed by atoms with Crippen LogP contribution in [0.5, 0.6) is 0 Å². The molecule has 0 saturated carbocycles. The second-order valence-electron chi connectivity index (χ2n) is 6.89. The molecule has 0 saturated heterocycles. The summed E-state index contributed by atoms with van der Waals surface area (Å²) in [4.78, 5) is 0. The summed E-state index contributed by atoms with van der Waals surface area (Å²) < 4.78 is -0.624. The molecule has 4 N–H and O–H groups in total. The van der Waals surface area contributed by atoms with Crippen molar-refractivity contribution in [3.8, 4) is 0 Å². The van der Waals surface area contributed by atoms with Crippen LogP contribution in [-0.2, 0) is 13.0 Å². The van der Waals surface area contributed by atoms with Gasteiger partial charge in [-0.1, -0.05) is 54.6 Å². The van der Waals surface area contributed by atoms with Crippen LogP contribution in [-0.4, -0.2) is 23.6 Å². The second kappa shape index (κ2) is 6.21. The van der Waals surface area contributed by atoms with Gasteiger partial charge >= 0.3 is 0 Å². The van der Waals surface area contributed by atoms with E-state index in [1.807, 2.05) is 48.5 Å². The van der Waals surface area contributed by atoms with E-state index in [4.69, 9.17) is 11.1 Å². The summed E-state index contributed by atoms with van der Waals surface area (Å²) in [6.07, 6.45) is 0.526. The zero-order valence-electron chi connectivity index (χ0n) is 14.4. The molecule has 0 spiro atoms. The highest BCUT2D eigenvalue weighted by molar-refractivity contribution is 5.96. The Morgan fingerprint density at radius 1 is 1.15 bits per heavy atom. The number of hydrogen-bond acceptors (Lipinski definition) is 3. The summed E-state index contributed by atoms with van der Waals surface area (Å²) >= 11 is 0. The van der Waals surface area contributed by atoms with Gasteiger partial charge in [0.1, 0.15) is 24.1 Å². The first-order chi connectivity index (χ1) is 12.5. The van der Waals surface area contributed by atoms with Crippen LogP contribution in [0, 0.1) is 10.6 Å². The molecule has 1 aliphatic rings. The molecule has 1 heterocycles. The molecule has 3 aromatic rings. The topological polar surface area (TPSA) is 93.2 Å². The highest BCUT2D eigenvalue weighted by atomic mass is 16.6. The van der Waals surface area contributed by atoms with Crippen molar-refractivity contribution in [3.05, 3.63) is 82.6 Å². The number of hydrogen-bond donors (Lipinski definition) is 3. The Hall–Kier alpha value is -2.73. The van der Waals surface area contributed by atoms with Crippen LogP contribution in [0.2, 0.25) is 0 Å². The van der Waals surface area contributed by atoms with E-state index in [0.717, 1.165) is 21.9 Å². The summed E-state index contributed by atoms with van der Waals surface area (Å²) in [7, 11) is 0. The van der Waals surface area contributed by atoms with Crippen molar-refractivity contribution < 1.29 is 5.11 Å². The van der Waals surface area contributed by atoms with Crippen molar-refractivity contribution in [2.24, 2.45) is 5.73 Å². The molecule has 0 bridgehead atoms. The van der Waals surface area contributed by atoms with Crippen LogP contribution in [0.25, 0.3) is 10.8 Å². The number of aliphatic hydroxyl groups excluding tert-OH is 1. The number of nitrogens with zero attached hydrogens (tertiary/aromatic N) is 1. The fraction of sp³-hybridized carbons (Fsp3) is 0.190. The number of nitrogens with one attached hydrogen (secondary N) is 1. The quantitative estimate of drug-likeness (QED) is 0.293. The lowest BCUT2D eigenvalue weighted by Gasteiger charge is -2.44. The molecule has 2 unspecified atom stereocenters. The Morgan fingerprint density at radius 2 is 1.92 bits per heavy atom. The Bertz CT molecular complexity index is 996. The van der Waals surface area contributed by atoms with Gasteiger partial charge in [0.2, 0.25) is 0 Å². The Labute approximate surface area is 152 Å². The van der Waals surface area contributed by atoms with Crippen LogP contribution < -0.4 is 10.4 Å². The van der Waals surface area contributed by atoms with E-state index < -0.39 is 10.7 Å². The van der Waals surface area contributed by atoms with Crippen molar-refractivity contribution in [2.45, 2.75) is 19.0 Å². The zero-order valence-corrected chi connectivity index (χ0v) is 14.4. The van der Waals surface area contributed by atoms with Gasteiger partial charge in [-0.05, 0) is 10.8 Å². The van der Waals surface area contributed by atoms with E-state index in [0.29, 0.717) is 17.7 Å². The number of quaternary nitrogens is 1. The highest BCUT2D eigenvalue weighted by Crippen LogP contribution is 2.41. The Morgan fingerprint density at radius 3 is 2.69 bits per heavy atom. The average Bonchev–Trinajstić information content (AvgIpc) is 2.93. The molecule has 0 fully saturated rings. The zero-order chi connectivity index (χ0) is 18.3. The highest BCUT2D eigenvalue weighted by Gasteiger charge is 2.40. The fourth-order valence-electron chi connectivity index (χ4n) is 3.95. The minimum absolute atomic E-state index is 0.0584. The number of benzene rings is 3. The van der Waals surface area contributed by atoms with Crippen molar-refractivity contribution in [2.75, 3.05) is 6.61 Å². The molecule has 0 amide bonds. The first-order valence-electron chi connectivity index (χ1n) is 8.67. The molecule has 0 radical (unpaired) electrons. The molecule has 5 heteroatoms. The number of hydroxylamine groups is 2. The first kappa shape index (κ1) is 16.7. The lowest BCUT2D eigenvalue weighted by atomic mass is 10.0.